The molecule has 0 radical (unpaired) electrons. The number of carbonyl (C=O) groups is 2. The van der Waals surface area contributed by atoms with Gasteiger partial charge >= 0.3 is 6.03 Å². The average molecular weight is 264 g/mol. The summed E-state index contributed by atoms with van der Waals surface area (Å²) >= 11 is 0. The van der Waals surface area contributed by atoms with Crippen LogP contribution in [0.5, 0.6) is 0 Å². The summed E-state index contributed by atoms with van der Waals surface area (Å²) in [7, 11) is 0. The molecule has 0 aliphatic rings. The highest BCUT2D eigenvalue weighted by atomic mass is 16.2. The molecule has 0 unspecified atom stereocenters. The summed E-state index contributed by atoms with van der Waals surface area (Å²) in [6, 6.07) is 9.01. The quantitative estimate of drug-likeness (QED) is 0.508. The Hall–Kier alpha value is -2.08. The van der Waals surface area contributed by atoms with Gasteiger partial charge in [-0.15, -0.1) is 0 Å². The van der Waals surface area contributed by atoms with Crippen LogP contribution in [0.3, 0.4) is 0 Å². The first-order chi connectivity index (χ1) is 9.13. The Labute approximate surface area is 113 Å². The van der Waals surface area contributed by atoms with Gasteiger partial charge < -0.3 is 0 Å². The Bertz CT molecular complexity index is 395. The summed E-state index contributed by atoms with van der Waals surface area (Å²) < 4.78 is 0. The molecule has 0 spiro atoms. The SMILES string of the molecule is CC(C)CNNC(=O)N(Cc1ccccc1)NC=O. The number of urea groups is 1. The van der Waals surface area contributed by atoms with Gasteiger partial charge in [-0.05, 0) is 11.5 Å². The van der Waals surface area contributed by atoms with Gasteiger partial charge in [0.25, 0.3) is 0 Å². The number of hydrogen-bond acceptors (Lipinski definition) is 3. The van der Waals surface area contributed by atoms with E-state index in [-0.39, 0.29) is 0 Å². The highest BCUT2D eigenvalue weighted by Crippen LogP contribution is 2.02. The van der Waals surface area contributed by atoms with Gasteiger partial charge in [0, 0.05) is 6.54 Å². The molecule has 1 aromatic carbocycles. The van der Waals surface area contributed by atoms with E-state index in [2.05, 4.69) is 16.3 Å². The number of hydrazine groups is 2. The van der Waals surface area contributed by atoms with E-state index in [1.54, 1.807) is 0 Å². The van der Waals surface area contributed by atoms with Crippen LogP contribution >= 0.6 is 0 Å². The number of nitrogens with zero attached hydrogens (tertiary/aromatic N) is 1. The molecule has 0 heterocycles. The zero-order chi connectivity index (χ0) is 14.1. The fraction of sp³-hybridized carbons (Fsp3) is 0.385. The molecule has 1 aromatic rings. The molecule has 104 valence electrons. The first-order valence-corrected chi connectivity index (χ1v) is 6.17. The van der Waals surface area contributed by atoms with Crippen molar-refractivity contribution in [1.29, 1.82) is 0 Å². The van der Waals surface area contributed by atoms with Crippen LogP contribution in [0.15, 0.2) is 30.3 Å². The molecule has 1 rings (SSSR count). The number of rotatable bonds is 7. The maximum atomic E-state index is 11.8. The van der Waals surface area contributed by atoms with Crippen molar-refractivity contribution in [3.8, 4) is 0 Å². The second-order valence-electron chi connectivity index (χ2n) is 4.52. The predicted octanol–water partition coefficient (Wildman–Crippen LogP) is 1.02. The van der Waals surface area contributed by atoms with E-state index in [1.807, 2.05) is 44.2 Å². The van der Waals surface area contributed by atoms with E-state index in [9.17, 15) is 9.59 Å². The van der Waals surface area contributed by atoms with Crippen molar-refractivity contribution in [2.75, 3.05) is 6.54 Å². The van der Waals surface area contributed by atoms with Crippen molar-refractivity contribution >= 4 is 12.4 Å². The molecule has 0 fully saturated rings. The molecule has 3 N–H and O–H groups in total. The topological polar surface area (TPSA) is 73.5 Å². The lowest BCUT2D eigenvalue weighted by Gasteiger charge is -2.22. The number of nitrogens with one attached hydrogen (secondary N) is 3. The minimum Gasteiger partial charge on any atom is -0.277 e. The zero-order valence-electron chi connectivity index (χ0n) is 11.2. The molecule has 0 saturated heterocycles. The van der Waals surface area contributed by atoms with Crippen molar-refractivity contribution in [3.05, 3.63) is 35.9 Å². The number of hydrogen-bond donors (Lipinski definition) is 3. The molecule has 0 aliphatic carbocycles. The summed E-state index contributed by atoms with van der Waals surface area (Å²) in [5.41, 5.74) is 8.64. The summed E-state index contributed by atoms with van der Waals surface area (Å²) in [5.74, 6) is 0.418. The normalized spacial score (nSPS) is 10.1. The third-order valence-electron chi connectivity index (χ3n) is 2.34. The molecule has 0 saturated carbocycles. The number of carbonyl (C=O) groups excluding carboxylic acids is 2. The summed E-state index contributed by atoms with van der Waals surface area (Å²) in [4.78, 5) is 22.4. The molecule has 19 heavy (non-hydrogen) atoms. The van der Waals surface area contributed by atoms with E-state index in [1.165, 1.54) is 5.01 Å². The standard InChI is InChI=1S/C13H20N4O2/c1-11(2)8-14-16-13(19)17(15-10-18)9-12-6-4-3-5-7-12/h3-7,10-11,14H,8-9H2,1-2H3,(H,15,18)(H,16,19). The average Bonchev–Trinajstić information content (AvgIpc) is 2.39. The highest BCUT2D eigenvalue weighted by molar-refractivity contribution is 5.74. The minimum atomic E-state index is -0.406. The van der Waals surface area contributed by atoms with Crippen LogP contribution < -0.4 is 16.3 Å². The van der Waals surface area contributed by atoms with Gasteiger partial charge in [-0.1, -0.05) is 44.2 Å². The van der Waals surface area contributed by atoms with Crippen LogP contribution in [-0.2, 0) is 11.3 Å². The fourth-order valence-electron chi connectivity index (χ4n) is 1.40. The van der Waals surface area contributed by atoms with Gasteiger partial charge in [0.2, 0.25) is 6.41 Å². The molecule has 6 heteroatoms. The summed E-state index contributed by atoms with van der Waals surface area (Å²) in [6.45, 7) is 5.02. The molecule has 0 atom stereocenters. The van der Waals surface area contributed by atoms with E-state index < -0.39 is 6.03 Å². The first kappa shape index (κ1) is 15.0. The molecule has 0 bridgehead atoms. The van der Waals surface area contributed by atoms with Crippen LogP contribution in [0.25, 0.3) is 0 Å². The molecule has 0 aromatic heterocycles. The Morgan fingerprint density at radius 3 is 2.58 bits per heavy atom. The monoisotopic (exact) mass is 264 g/mol. The molecule has 0 aliphatic heterocycles. The van der Waals surface area contributed by atoms with Crippen LogP contribution in [0.2, 0.25) is 0 Å². The largest absolute Gasteiger partial charge is 0.350 e. The Morgan fingerprint density at radius 2 is 2.00 bits per heavy atom. The van der Waals surface area contributed by atoms with Gasteiger partial charge in [-0.3, -0.25) is 15.6 Å². The fourth-order valence-corrected chi connectivity index (χ4v) is 1.40. The Morgan fingerprint density at radius 1 is 1.32 bits per heavy atom. The first-order valence-electron chi connectivity index (χ1n) is 6.17. The molecule has 3 amide bonds. The van der Waals surface area contributed by atoms with Crippen LogP contribution in [0.1, 0.15) is 19.4 Å². The summed E-state index contributed by atoms with van der Waals surface area (Å²) in [6.07, 6.45) is 0.477. The van der Waals surface area contributed by atoms with E-state index in [0.29, 0.717) is 25.4 Å². The lowest BCUT2D eigenvalue weighted by molar-refractivity contribution is -0.112. The number of amides is 3. The Balaban J connectivity index is 2.51. The van der Waals surface area contributed by atoms with Crippen molar-refractivity contribution < 1.29 is 9.59 Å². The predicted molar refractivity (Wildman–Crippen MR) is 72.6 cm³/mol. The van der Waals surface area contributed by atoms with Crippen LogP contribution in [-0.4, -0.2) is 24.0 Å². The van der Waals surface area contributed by atoms with Crippen LogP contribution in [0.4, 0.5) is 4.79 Å². The van der Waals surface area contributed by atoms with Crippen molar-refractivity contribution in [2.45, 2.75) is 20.4 Å². The molecular weight excluding hydrogens is 244 g/mol. The second kappa shape index (κ2) is 8.10. The van der Waals surface area contributed by atoms with Crippen molar-refractivity contribution in [1.82, 2.24) is 21.3 Å². The van der Waals surface area contributed by atoms with Gasteiger partial charge in [0.15, 0.2) is 0 Å². The van der Waals surface area contributed by atoms with Crippen molar-refractivity contribution in [3.63, 3.8) is 0 Å². The van der Waals surface area contributed by atoms with Crippen molar-refractivity contribution in [2.24, 2.45) is 5.92 Å². The van der Waals surface area contributed by atoms with E-state index in [4.69, 9.17) is 0 Å². The molecular formula is C13H20N4O2. The van der Waals surface area contributed by atoms with Gasteiger partial charge in [-0.2, -0.15) is 0 Å². The van der Waals surface area contributed by atoms with E-state index >= 15 is 0 Å². The maximum absolute atomic E-state index is 11.8. The highest BCUT2D eigenvalue weighted by Gasteiger charge is 2.12. The van der Waals surface area contributed by atoms with Gasteiger partial charge in [0.05, 0.1) is 6.54 Å². The third-order valence-corrected chi connectivity index (χ3v) is 2.34. The summed E-state index contributed by atoms with van der Waals surface area (Å²) in [5, 5.41) is 1.20. The minimum absolute atomic E-state index is 0.300. The third kappa shape index (κ3) is 5.87. The Kier molecular flexibility index (Phi) is 6.38. The van der Waals surface area contributed by atoms with Crippen LogP contribution in [0, 0.1) is 5.92 Å². The van der Waals surface area contributed by atoms with Gasteiger partial charge in [0.1, 0.15) is 0 Å². The molecule has 6 nitrogen and oxygen atoms in total. The number of benzene rings is 1. The maximum Gasteiger partial charge on any atom is 0.350 e. The van der Waals surface area contributed by atoms with Gasteiger partial charge in [-0.25, -0.2) is 15.2 Å². The lowest BCUT2D eigenvalue weighted by atomic mass is 10.2. The van der Waals surface area contributed by atoms with E-state index in [0.717, 1.165) is 5.56 Å². The lowest BCUT2D eigenvalue weighted by Crippen LogP contribution is -2.52. The smallest absolute Gasteiger partial charge is 0.277 e. The zero-order valence-corrected chi connectivity index (χ0v) is 11.2. The second-order valence-corrected chi connectivity index (χ2v) is 4.52.